The Kier molecular flexibility index (Phi) is 4.10. The van der Waals surface area contributed by atoms with Crippen molar-refractivity contribution >= 4 is 0 Å². The number of hydrogen-bond acceptors (Lipinski definition) is 3. The zero-order chi connectivity index (χ0) is 15.0. The molecule has 2 unspecified atom stereocenters. The lowest BCUT2D eigenvalue weighted by molar-refractivity contribution is -0.141. The summed E-state index contributed by atoms with van der Waals surface area (Å²) in [5.41, 5.74) is 4.11. The van der Waals surface area contributed by atoms with Crippen molar-refractivity contribution < 1.29 is 4.74 Å². The van der Waals surface area contributed by atoms with E-state index in [-0.39, 0.29) is 5.60 Å². The van der Waals surface area contributed by atoms with Crippen LogP contribution in [0.3, 0.4) is 0 Å². The summed E-state index contributed by atoms with van der Waals surface area (Å²) in [6, 6.07) is 0.928. The van der Waals surface area contributed by atoms with Gasteiger partial charge in [-0.1, -0.05) is 6.92 Å². The molecule has 2 aliphatic rings. The van der Waals surface area contributed by atoms with Crippen LogP contribution in [-0.2, 0) is 4.74 Å². The fourth-order valence-corrected chi connectivity index (χ4v) is 4.22. The highest BCUT2D eigenvalue weighted by atomic mass is 16.5. The monoisotopic (exact) mass is 291 g/mol. The van der Waals surface area contributed by atoms with E-state index in [1.165, 1.54) is 36.2 Å². The van der Waals surface area contributed by atoms with Gasteiger partial charge in [-0.15, -0.1) is 0 Å². The zero-order valence-corrected chi connectivity index (χ0v) is 13.9. The van der Waals surface area contributed by atoms with Crippen molar-refractivity contribution in [1.82, 2.24) is 15.1 Å². The fraction of sp³-hybridized carbons (Fsp3) is 0.824. The van der Waals surface area contributed by atoms with E-state index in [9.17, 15) is 0 Å². The van der Waals surface area contributed by atoms with Crippen LogP contribution in [0.4, 0.5) is 0 Å². The molecule has 1 aliphatic carbocycles. The minimum Gasteiger partial charge on any atom is -0.375 e. The van der Waals surface area contributed by atoms with E-state index < -0.39 is 0 Å². The minimum atomic E-state index is 0.183. The molecule has 21 heavy (non-hydrogen) atoms. The Morgan fingerprint density at radius 1 is 1.43 bits per heavy atom. The fourth-order valence-electron chi connectivity index (χ4n) is 4.22. The predicted molar refractivity (Wildman–Crippen MR) is 84.6 cm³/mol. The van der Waals surface area contributed by atoms with Gasteiger partial charge in [-0.25, -0.2) is 0 Å². The summed E-state index contributed by atoms with van der Waals surface area (Å²) >= 11 is 0. The Morgan fingerprint density at radius 3 is 2.76 bits per heavy atom. The van der Waals surface area contributed by atoms with Crippen LogP contribution in [0, 0.1) is 13.8 Å². The number of ether oxygens (including phenoxy) is 1. The van der Waals surface area contributed by atoms with Gasteiger partial charge in [-0.2, -0.15) is 5.10 Å². The molecule has 4 heteroatoms. The average molecular weight is 291 g/mol. The van der Waals surface area contributed by atoms with E-state index in [2.05, 4.69) is 30.8 Å². The van der Waals surface area contributed by atoms with Gasteiger partial charge >= 0.3 is 0 Å². The largest absolute Gasteiger partial charge is 0.375 e. The molecule has 118 valence electrons. The Hall–Kier alpha value is -0.870. The molecule has 2 heterocycles. The van der Waals surface area contributed by atoms with Gasteiger partial charge in [0.2, 0.25) is 0 Å². The van der Waals surface area contributed by atoms with E-state index in [0.29, 0.717) is 12.1 Å². The summed E-state index contributed by atoms with van der Waals surface area (Å²) in [7, 11) is 2.04. The summed E-state index contributed by atoms with van der Waals surface area (Å²) in [6.45, 7) is 7.51. The van der Waals surface area contributed by atoms with Crippen LogP contribution in [-0.4, -0.2) is 29.0 Å². The standard InChI is InChI=1S/C17H29N3O/c1-5-15(18-4)16-12(2)19-20(13(16)3)14-7-10-21-17(11-14)8-6-9-17/h14-15,18H,5-11H2,1-4H3. The van der Waals surface area contributed by atoms with Crippen LogP contribution in [0.1, 0.15) is 74.5 Å². The molecular formula is C17H29N3O. The first-order valence-electron chi connectivity index (χ1n) is 8.47. The second-order valence-electron chi connectivity index (χ2n) is 6.81. The van der Waals surface area contributed by atoms with Gasteiger partial charge in [-0.3, -0.25) is 4.68 Å². The van der Waals surface area contributed by atoms with Gasteiger partial charge in [0.1, 0.15) is 0 Å². The molecular weight excluding hydrogens is 262 g/mol. The van der Waals surface area contributed by atoms with Gasteiger partial charge in [0, 0.05) is 23.9 Å². The first-order valence-corrected chi connectivity index (χ1v) is 8.47. The minimum absolute atomic E-state index is 0.183. The first kappa shape index (κ1) is 15.0. The topological polar surface area (TPSA) is 39.1 Å². The number of aryl methyl sites for hydroxylation is 1. The smallest absolute Gasteiger partial charge is 0.0703 e. The van der Waals surface area contributed by atoms with Crippen LogP contribution in [0.2, 0.25) is 0 Å². The van der Waals surface area contributed by atoms with Gasteiger partial charge in [0.15, 0.2) is 0 Å². The Bertz CT molecular complexity index is 500. The molecule has 4 nitrogen and oxygen atoms in total. The number of hydrogen-bond donors (Lipinski definition) is 1. The Morgan fingerprint density at radius 2 is 2.19 bits per heavy atom. The summed E-state index contributed by atoms with van der Waals surface area (Å²) in [6.07, 6.45) is 7.14. The molecule has 1 aromatic rings. The molecule has 0 bridgehead atoms. The number of rotatable bonds is 4. The van der Waals surface area contributed by atoms with Crippen molar-refractivity contribution in [2.75, 3.05) is 13.7 Å². The predicted octanol–water partition coefficient (Wildman–Crippen LogP) is 3.44. The summed E-state index contributed by atoms with van der Waals surface area (Å²) < 4.78 is 8.37. The molecule has 3 rings (SSSR count). The molecule has 1 spiro atoms. The van der Waals surface area contributed by atoms with E-state index in [0.717, 1.165) is 25.9 Å². The van der Waals surface area contributed by atoms with Gasteiger partial charge < -0.3 is 10.1 Å². The lowest BCUT2D eigenvalue weighted by Gasteiger charge is -2.47. The maximum absolute atomic E-state index is 6.07. The Labute approximate surface area is 128 Å². The maximum Gasteiger partial charge on any atom is 0.0703 e. The summed E-state index contributed by atoms with van der Waals surface area (Å²) in [4.78, 5) is 0. The van der Waals surface area contributed by atoms with Crippen molar-refractivity contribution in [1.29, 1.82) is 0 Å². The van der Waals surface area contributed by atoms with Crippen molar-refractivity contribution in [3.05, 3.63) is 17.0 Å². The lowest BCUT2D eigenvalue weighted by Crippen LogP contribution is -2.46. The van der Waals surface area contributed by atoms with E-state index >= 15 is 0 Å². The van der Waals surface area contributed by atoms with Gasteiger partial charge in [-0.05, 0) is 59.4 Å². The van der Waals surface area contributed by atoms with Crippen LogP contribution in [0.15, 0.2) is 0 Å². The molecule has 1 saturated carbocycles. The van der Waals surface area contributed by atoms with Crippen molar-refractivity contribution in [3.8, 4) is 0 Å². The molecule has 0 radical (unpaired) electrons. The van der Waals surface area contributed by atoms with Gasteiger partial charge in [0.05, 0.1) is 17.3 Å². The van der Waals surface area contributed by atoms with Crippen LogP contribution < -0.4 is 5.32 Å². The molecule has 2 atom stereocenters. The zero-order valence-electron chi connectivity index (χ0n) is 13.9. The van der Waals surface area contributed by atoms with E-state index in [1.54, 1.807) is 0 Å². The molecule has 1 aliphatic heterocycles. The number of nitrogens with one attached hydrogen (secondary N) is 1. The van der Waals surface area contributed by atoms with Crippen LogP contribution in [0.5, 0.6) is 0 Å². The van der Waals surface area contributed by atoms with E-state index in [4.69, 9.17) is 9.84 Å². The van der Waals surface area contributed by atoms with Gasteiger partial charge in [0.25, 0.3) is 0 Å². The first-order chi connectivity index (χ1) is 10.1. The van der Waals surface area contributed by atoms with Crippen molar-refractivity contribution in [2.24, 2.45) is 0 Å². The van der Waals surface area contributed by atoms with Crippen LogP contribution in [0.25, 0.3) is 0 Å². The molecule has 0 amide bonds. The molecule has 0 aromatic carbocycles. The number of nitrogens with zero attached hydrogens (tertiary/aromatic N) is 2. The highest BCUT2D eigenvalue weighted by Gasteiger charge is 2.43. The average Bonchev–Trinajstić information content (AvgIpc) is 2.75. The SMILES string of the molecule is CCC(NC)c1c(C)nn(C2CCOC3(CCC3)C2)c1C. The summed E-state index contributed by atoms with van der Waals surface area (Å²) in [5.74, 6) is 0. The lowest BCUT2D eigenvalue weighted by atomic mass is 9.74. The third kappa shape index (κ3) is 2.53. The maximum atomic E-state index is 6.07. The van der Waals surface area contributed by atoms with Crippen LogP contribution >= 0.6 is 0 Å². The molecule has 1 aromatic heterocycles. The quantitative estimate of drug-likeness (QED) is 0.923. The second-order valence-corrected chi connectivity index (χ2v) is 6.81. The third-order valence-electron chi connectivity index (χ3n) is 5.56. The van der Waals surface area contributed by atoms with E-state index in [1.807, 2.05) is 7.05 Å². The molecule has 2 fully saturated rings. The Balaban J connectivity index is 1.87. The van der Waals surface area contributed by atoms with Crippen molar-refractivity contribution in [2.45, 2.75) is 77.0 Å². The molecule has 1 saturated heterocycles. The third-order valence-corrected chi connectivity index (χ3v) is 5.56. The molecule has 1 N–H and O–H groups in total. The normalized spacial score (nSPS) is 25.8. The highest BCUT2D eigenvalue weighted by molar-refractivity contribution is 5.28. The second kappa shape index (κ2) is 5.73. The highest BCUT2D eigenvalue weighted by Crippen LogP contribution is 2.46. The summed E-state index contributed by atoms with van der Waals surface area (Å²) in [5, 5.41) is 8.32. The van der Waals surface area contributed by atoms with Crippen molar-refractivity contribution in [3.63, 3.8) is 0 Å². The number of aromatic nitrogens is 2.